The largest absolute Gasteiger partial charge is 0.462 e. The van der Waals surface area contributed by atoms with Crippen LogP contribution in [0.3, 0.4) is 0 Å². The van der Waals surface area contributed by atoms with E-state index < -0.39 is 5.97 Å². The highest BCUT2D eigenvalue weighted by Gasteiger charge is 2.18. The number of fused-ring (bicyclic) bond motifs is 3. The number of carbonyl (C=O) groups is 1. The second kappa shape index (κ2) is 4.81. The minimum Gasteiger partial charge on any atom is -0.462 e. The minimum atomic E-state index is -0.577. The van der Waals surface area contributed by atoms with E-state index in [9.17, 15) is 9.59 Å². The van der Waals surface area contributed by atoms with Crippen LogP contribution in [-0.4, -0.2) is 17.0 Å². The summed E-state index contributed by atoms with van der Waals surface area (Å²) in [6, 6.07) is 12.9. The fraction of sp³-hybridized carbons (Fsp3) is 0.125. The molecule has 3 aromatic rings. The van der Waals surface area contributed by atoms with Crippen molar-refractivity contribution in [2.75, 3.05) is 6.61 Å². The van der Waals surface area contributed by atoms with E-state index >= 15 is 0 Å². The van der Waals surface area contributed by atoms with Gasteiger partial charge in [0.05, 0.1) is 12.1 Å². The third-order valence-corrected chi connectivity index (χ3v) is 3.24. The molecule has 0 bridgehead atoms. The summed E-state index contributed by atoms with van der Waals surface area (Å²) in [5, 5.41) is 1.48. The van der Waals surface area contributed by atoms with E-state index in [4.69, 9.17) is 4.74 Å². The van der Waals surface area contributed by atoms with Crippen LogP contribution in [0.15, 0.2) is 53.5 Å². The van der Waals surface area contributed by atoms with Crippen molar-refractivity contribution in [1.29, 1.82) is 0 Å². The Kier molecular flexibility index (Phi) is 2.99. The number of rotatable bonds is 2. The molecule has 0 aliphatic heterocycles. The topological polar surface area (TPSA) is 47.8 Å². The van der Waals surface area contributed by atoms with Gasteiger partial charge in [0.15, 0.2) is 0 Å². The molecule has 0 fully saturated rings. The number of ether oxygens (including phenoxy) is 1. The number of esters is 1. The first kappa shape index (κ1) is 12.4. The van der Waals surface area contributed by atoms with Crippen molar-refractivity contribution in [2.24, 2.45) is 0 Å². The molecule has 0 saturated heterocycles. The predicted molar refractivity (Wildman–Crippen MR) is 77.1 cm³/mol. The van der Waals surface area contributed by atoms with Crippen molar-refractivity contribution in [3.8, 4) is 0 Å². The summed E-state index contributed by atoms with van der Waals surface area (Å²) in [5.41, 5.74) is 0.519. The monoisotopic (exact) mass is 267 g/mol. The molecule has 3 rings (SSSR count). The summed E-state index contributed by atoms with van der Waals surface area (Å²) in [6.45, 7) is 1.96. The first-order chi connectivity index (χ1) is 9.74. The van der Waals surface area contributed by atoms with E-state index in [0.717, 1.165) is 10.9 Å². The van der Waals surface area contributed by atoms with E-state index in [2.05, 4.69) is 0 Å². The van der Waals surface area contributed by atoms with Crippen molar-refractivity contribution in [1.82, 2.24) is 4.40 Å². The molecule has 0 radical (unpaired) electrons. The molecule has 0 unspecified atom stereocenters. The Bertz CT molecular complexity index is 864. The van der Waals surface area contributed by atoms with Crippen molar-refractivity contribution in [3.63, 3.8) is 0 Å². The van der Waals surface area contributed by atoms with Crippen LogP contribution in [0, 0.1) is 0 Å². The van der Waals surface area contributed by atoms with Gasteiger partial charge in [0.25, 0.3) is 5.56 Å². The first-order valence-corrected chi connectivity index (χ1v) is 6.43. The molecule has 0 aliphatic carbocycles. The van der Waals surface area contributed by atoms with E-state index in [1.807, 2.05) is 30.3 Å². The maximum absolute atomic E-state index is 12.5. The minimum absolute atomic E-state index is 0.0890. The standard InChI is InChI=1S/C16H13NO3/c1-2-20-16(19)14-12-8-4-3-7-11(12)13-9-5-6-10-17(13)15(14)18/h3-10H,2H2,1H3. The van der Waals surface area contributed by atoms with Crippen LogP contribution < -0.4 is 5.56 Å². The zero-order chi connectivity index (χ0) is 14.1. The van der Waals surface area contributed by atoms with Crippen LogP contribution in [-0.2, 0) is 4.74 Å². The van der Waals surface area contributed by atoms with Crippen LogP contribution >= 0.6 is 0 Å². The highest BCUT2D eigenvalue weighted by molar-refractivity contribution is 6.08. The van der Waals surface area contributed by atoms with Gasteiger partial charge in [0.1, 0.15) is 5.56 Å². The molecule has 2 aromatic heterocycles. The molecule has 0 amide bonds. The molecule has 0 N–H and O–H groups in total. The van der Waals surface area contributed by atoms with Crippen LogP contribution in [0.1, 0.15) is 17.3 Å². The highest BCUT2D eigenvalue weighted by Crippen LogP contribution is 2.21. The maximum atomic E-state index is 12.5. The average Bonchev–Trinajstić information content (AvgIpc) is 2.48. The fourth-order valence-corrected chi connectivity index (χ4v) is 2.40. The van der Waals surface area contributed by atoms with Crippen molar-refractivity contribution in [3.05, 3.63) is 64.6 Å². The van der Waals surface area contributed by atoms with E-state index in [1.165, 1.54) is 4.40 Å². The number of nitrogens with zero attached hydrogens (tertiary/aromatic N) is 1. The highest BCUT2D eigenvalue weighted by atomic mass is 16.5. The molecule has 100 valence electrons. The van der Waals surface area contributed by atoms with Gasteiger partial charge in [-0.05, 0) is 19.1 Å². The molecule has 4 heteroatoms. The number of pyridine rings is 2. The lowest BCUT2D eigenvalue weighted by Gasteiger charge is -2.09. The van der Waals surface area contributed by atoms with Gasteiger partial charge in [-0.25, -0.2) is 4.79 Å². The summed E-state index contributed by atoms with van der Waals surface area (Å²) in [7, 11) is 0. The normalized spacial score (nSPS) is 10.8. The van der Waals surface area contributed by atoms with Crippen LogP contribution in [0.25, 0.3) is 16.3 Å². The number of carbonyl (C=O) groups excluding carboxylic acids is 1. The van der Waals surface area contributed by atoms with Crippen molar-refractivity contribution < 1.29 is 9.53 Å². The van der Waals surface area contributed by atoms with Gasteiger partial charge < -0.3 is 4.74 Å². The molecule has 4 nitrogen and oxygen atoms in total. The average molecular weight is 267 g/mol. The molecule has 2 heterocycles. The number of benzene rings is 1. The van der Waals surface area contributed by atoms with Crippen LogP contribution in [0.2, 0.25) is 0 Å². The Morgan fingerprint density at radius 2 is 1.80 bits per heavy atom. The molecule has 1 aromatic carbocycles. The second-order valence-electron chi connectivity index (χ2n) is 4.40. The van der Waals surface area contributed by atoms with Crippen molar-refractivity contribution in [2.45, 2.75) is 6.92 Å². The second-order valence-corrected chi connectivity index (χ2v) is 4.40. The summed E-state index contributed by atoms with van der Waals surface area (Å²) >= 11 is 0. The first-order valence-electron chi connectivity index (χ1n) is 6.43. The Morgan fingerprint density at radius 1 is 1.10 bits per heavy atom. The molecule has 0 aliphatic rings. The molecule has 0 spiro atoms. The van der Waals surface area contributed by atoms with Gasteiger partial charge in [-0.2, -0.15) is 0 Å². The summed E-state index contributed by atoms with van der Waals surface area (Å²) in [5.74, 6) is -0.577. The van der Waals surface area contributed by atoms with E-state index in [-0.39, 0.29) is 17.7 Å². The zero-order valence-electron chi connectivity index (χ0n) is 11.0. The Hall–Kier alpha value is -2.62. The van der Waals surface area contributed by atoms with E-state index in [1.54, 1.807) is 25.3 Å². The van der Waals surface area contributed by atoms with Crippen LogP contribution in [0.4, 0.5) is 0 Å². The van der Waals surface area contributed by atoms with Gasteiger partial charge >= 0.3 is 5.97 Å². The number of aromatic nitrogens is 1. The predicted octanol–water partition coefficient (Wildman–Crippen LogP) is 2.63. The zero-order valence-corrected chi connectivity index (χ0v) is 11.0. The van der Waals surface area contributed by atoms with E-state index in [0.29, 0.717) is 5.39 Å². The molecule has 0 atom stereocenters. The molecular formula is C16H13NO3. The van der Waals surface area contributed by atoms with Gasteiger partial charge in [-0.1, -0.05) is 30.3 Å². The van der Waals surface area contributed by atoms with Gasteiger partial charge in [0, 0.05) is 17.0 Å². The summed E-state index contributed by atoms with van der Waals surface area (Å²) in [4.78, 5) is 24.6. The molecule has 20 heavy (non-hydrogen) atoms. The summed E-state index contributed by atoms with van der Waals surface area (Å²) < 4.78 is 6.49. The number of hydrogen-bond donors (Lipinski definition) is 0. The third-order valence-electron chi connectivity index (χ3n) is 3.24. The Balaban J connectivity index is 2.51. The number of hydrogen-bond acceptors (Lipinski definition) is 3. The quantitative estimate of drug-likeness (QED) is 0.529. The Morgan fingerprint density at radius 3 is 2.55 bits per heavy atom. The fourth-order valence-electron chi connectivity index (χ4n) is 2.40. The van der Waals surface area contributed by atoms with Crippen molar-refractivity contribution >= 4 is 22.3 Å². The van der Waals surface area contributed by atoms with Gasteiger partial charge in [0.2, 0.25) is 0 Å². The third kappa shape index (κ3) is 1.77. The molecule has 0 saturated carbocycles. The van der Waals surface area contributed by atoms with Gasteiger partial charge in [-0.3, -0.25) is 9.20 Å². The maximum Gasteiger partial charge on any atom is 0.344 e. The molecular weight excluding hydrogens is 254 g/mol. The lowest BCUT2D eigenvalue weighted by Crippen LogP contribution is -2.24. The SMILES string of the molecule is CCOC(=O)c1c(=O)n2ccccc2c2ccccc12. The smallest absolute Gasteiger partial charge is 0.344 e. The Labute approximate surface area is 115 Å². The van der Waals surface area contributed by atoms with Gasteiger partial charge in [-0.15, -0.1) is 0 Å². The lowest BCUT2D eigenvalue weighted by atomic mass is 10.1. The van der Waals surface area contributed by atoms with Crippen LogP contribution in [0.5, 0.6) is 0 Å². The lowest BCUT2D eigenvalue weighted by molar-refractivity contribution is 0.0526. The summed E-state index contributed by atoms with van der Waals surface area (Å²) in [6.07, 6.45) is 1.66.